The van der Waals surface area contributed by atoms with Crippen molar-refractivity contribution < 1.29 is 9.53 Å². The average Bonchev–Trinajstić information content (AvgIpc) is 2.69. The van der Waals surface area contributed by atoms with E-state index in [-0.39, 0.29) is 11.9 Å². The number of amides is 1. The average molecular weight is 351 g/mol. The van der Waals surface area contributed by atoms with Gasteiger partial charge >= 0.3 is 0 Å². The van der Waals surface area contributed by atoms with Crippen molar-refractivity contribution in [3.63, 3.8) is 0 Å². The van der Waals surface area contributed by atoms with Gasteiger partial charge in [0.05, 0.1) is 0 Å². The van der Waals surface area contributed by atoms with Crippen LogP contribution in [-0.2, 0) is 15.1 Å². The van der Waals surface area contributed by atoms with Gasteiger partial charge in [-0.2, -0.15) is 0 Å². The summed E-state index contributed by atoms with van der Waals surface area (Å²) < 4.78 is 6.21. The fourth-order valence-electron chi connectivity index (χ4n) is 3.91. The Balaban J connectivity index is 1.98. The van der Waals surface area contributed by atoms with Gasteiger partial charge in [0.1, 0.15) is 0 Å². The summed E-state index contributed by atoms with van der Waals surface area (Å²) in [5.74, 6) is 0.694. The summed E-state index contributed by atoms with van der Waals surface area (Å²) in [6.45, 7) is 4.69. The van der Waals surface area contributed by atoms with Gasteiger partial charge in [0.2, 0.25) is 0 Å². The van der Waals surface area contributed by atoms with Crippen molar-refractivity contribution in [2.45, 2.75) is 51.2 Å². The number of hydrogen-bond donors (Lipinski definition) is 1. The molecule has 0 aromatic heterocycles. The molecule has 1 N–H and O–H groups in total. The first kappa shape index (κ1) is 18.7. The molecule has 2 aromatic carbocycles. The molecule has 3 rings (SSSR count). The maximum Gasteiger partial charge on any atom is 0.261 e. The smallest absolute Gasteiger partial charge is 0.261 e. The fourth-order valence-corrected chi connectivity index (χ4v) is 3.91. The molecule has 138 valence electrons. The lowest BCUT2D eigenvalue weighted by molar-refractivity contribution is -0.143. The zero-order chi connectivity index (χ0) is 18.4. The second-order valence-electron chi connectivity index (χ2n) is 7.28. The highest BCUT2D eigenvalue weighted by Crippen LogP contribution is 2.35. The quantitative estimate of drug-likeness (QED) is 0.822. The van der Waals surface area contributed by atoms with E-state index in [0.29, 0.717) is 6.61 Å². The number of benzene rings is 2. The van der Waals surface area contributed by atoms with Crippen molar-refractivity contribution in [2.24, 2.45) is 5.92 Å². The number of hydrogen-bond acceptors (Lipinski definition) is 2. The minimum Gasteiger partial charge on any atom is -0.356 e. The Morgan fingerprint density at radius 2 is 1.46 bits per heavy atom. The number of carbonyl (C=O) groups excluding carboxylic acids is 1. The second-order valence-corrected chi connectivity index (χ2v) is 7.28. The molecule has 0 radical (unpaired) electrons. The fraction of sp³-hybridized carbons (Fsp3) is 0.435. The topological polar surface area (TPSA) is 38.3 Å². The Morgan fingerprint density at radius 3 is 1.92 bits per heavy atom. The molecule has 3 heteroatoms. The van der Waals surface area contributed by atoms with Crippen LogP contribution in [0.1, 0.15) is 50.7 Å². The standard InChI is InChI=1S/C23H29NO2/c1-3-26-23(19-10-6-4-7-11-19,20-12-8-5-9-13-20)22(25)24-21-16-14-18(2)15-17-21/h4-13,18,21H,3,14-17H2,1-2H3,(H,24,25). The summed E-state index contributed by atoms with van der Waals surface area (Å²) in [6, 6.07) is 19.9. The van der Waals surface area contributed by atoms with Crippen molar-refractivity contribution in [1.29, 1.82) is 0 Å². The van der Waals surface area contributed by atoms with Crippen LogP contribution in [0.3, 0.4) is 0 Å². The van der Waals surface area contributed by atoms with Crippen LogP contribution in [0, 0.1) is 5.92 Å². The predicted molar refractivity (Wildman–Crippen MR) is 105 cm³/mol. The highest BCUT2D eigenvalue weighted by molar-refractivity contribution is 5.90. The first-order valence-corrected chi connectivity index (χ1v) is 9.72. The van der Waals surface area contributed by atoms with Gasteiger partial charge in [-0.25, -0.2) is 0 Å². The molecule has 0 heterocycles. The third-order valence-corrected chi connectivity index (χ3v) is 5.39. The van der Waals surface area contributed by atoms with Gasteiger partial charge in [-0.1, -0.05) is 67.6 Å². The number of carbonyl (C=O) groups is 1. The van der Waals surface area contributed by atoms with Crippen LogP contribution in [0.2, 0.25) is 0 Å². The molecule has 0 unspecified atom stereocenters. The van der Waals surface area contributed by atoms with Crippen molar-refractivity contribution in [3.05, 3.63) is 71.8 Å². The van der Waals surface area contributed by atoms with Gasteiger partial charge in [-0.3, -0.25) is 4.79 Å². The summed E-state index contributed by atoms with van der Waals surface area (Å²) >= 11 is 0. The van der Waals surface area contributed by atoms with Gasteiger partial charge < -0.3 is 10.1 Å². The van der Waals surface area contributed by atoms with Gasteiger partial charge in [0, 0.05) is 12.6 Å². The minimum atomic E-state index is -1.11. The predicted octanol–water partition coefficient (Wildman–Crippen LogP) is 4.66. The van der Waals surface area contributed by atoms with Gasteiger partial charge in [0.25, 0.3) is 5.91 Å². The van der Waals surface area contributed by atoms with Crippen molar-refractivity contribution in [2.75, 3.05) is 6.61 Å². The van der Waals surface area contributed by atoms with Crippen molar-refractivity contribution >= 4 is 5.91 Å². The molecule has 1 aliphatic carbocycles. The molecular weight excluding hydrogens is 322 g/mol. The number of ether oxygens (including phenoxy) is 1. The molecule has 26 heavy (non-hydrogen) atoms. The molecule has 0 atom stereocenters. The normalized spacial score (nSPS) is 20.5. The van der Waals surface area contributed by atoms with Gasteiger partial charge in [-0.15, -0.1) is 0 Å². The van der Waals surface area contributed by atoms with Crippen LogP contribution < -0.4 is 5.32 Å². The minimum absolute atomic E-state index is 0.0590. The van der Waals surface area contributed by atoms with Crippen LogP contribution in [0.5, 0.6) is 0 Å². The lowest BCUT2D eigenvalue weighted by Gasteiger charge is -2.36. The molecule has 1 aliphatic rings. The Kier molecular flexibility index (Phi) is 6.10. The molecule has 2 aromatic rings. The molecule has 1 saturated carbocycles. The third-order valence-electron chi connectivity index (χ3n) is 5.39. The van der Waals surface area contributed by atoms with Gasteiger partial charge in [-0.05, 0) is 49.7 Å². The van der Waals surface area contributed by atoms with E-state index in [1.807, 2.05) is 67.6 Å². The SMILES string of the molecule is CCOC(C(=O)NC1CCC(C)CC1)(c1ccccc1)c1ccccc1. The first-order valence-electron chi connectivity index (χ1n) is 9.72. The molecule has 0 saturated heterocycles. The maximum absolute atomic E-state index is 13.6. The van der Waals surface area contributed by atoms with Crippen LogP contribution in [0.15, 0.2) is 60.7 Å². The molecule has 3 nitrogen and oxygen atoms in total. The van der Waals surface area contributed by atoms with Crippen LogP contribution in [-0.4, -0.2) is 18.6 Å². The lowest BCUT2D eigenvalue weighted by Crippen LogP contribution is -2.51. The molecule has 0 spiro atoms. The molecule has 0 aliphatic heterocycles. The van der Waals surface area contributed by atoms with Crippen molar-refractivity contribution in [3.8, 4) is 0 Å². The molecule has 1 fully saturated rings. The summed E-state index contributed by atoms with van der Waals surface area (Å²) in [4.78, 5) is 13.6. The zero-order valence-corrected chi connectivity index (χ0v) is 15.8. The maximum atomic E-state index is 13.6. The highest BCUT2D eigenvalue weighted by atomic mass is 16.5. The second kappa shape index (κ2) is 8.50. The van der Waals surface area contributed by atoms with Gasteiger partial charge in [0.15, 0.2) is 5.60 Å². The Hall–Kier alpha value is -2.13. The van der Waals surface area contributed by atoms with Crippen LogP contribution >= 0.6 is 0 Å². The molecule has 1 amide bonds. The number of nitrogens with one attached hydrogen (secondary N) is 1. The monoisotopic (exact) mass is 351 g/mol. The Bertz CT molecular complexity index is 651. The van der Waals surface area contributed by atoms with Crippen molar-refractivity contribution in [1.82, 2.24) is 5.32 Å². The molecule has 0 bridgehead atoms. The summed E-state index contributed by atoms with van der Waals surface area (Å²) in [5.41, 5.74) is 0.629. The third kappa shape index (κ3) is 3.83. The van der Waals surface area contributed by atoms with E-state index < -0.39 is 5.60 Å². The lowest BCUT2D eigenvalue weighted by atomic mass is 9.83. The van der Waals surface area contributed by atoms with Crippen LogP contribution in [0.25, 0.3) is 0 Å². The van der Waals surface area contributed by atoms with E-state index in [0.717, 1.165) is 29.9 Å². The molecular formula is C23H29NO2. The van der Waals surface area contributed by atoms with E-state index in [9.17, 15) is 4.79 Å². The van der Waals surface area contributed by atoms with E-state index in [2.05, 4.69) is 12.2 Å². The first-order chi connectivity index (χ1) is 12.7. The Labute approximate surface area is 156 Å². The zero-order valence-electron chi connectivity index (χ0n) is 15.8. The Morgan fingerprint density at radius 1 is 0.962 bits per heavy atom. The van der Waals surface area contributed by atoms with E-state index in [4.69, 9.17) is 4.74 Å². The highest BCUT2D eigenvalue weighted by Gasteiger charge is 2.43. The summed E-state index contributed by atoms with van der Waals surface area (Å²) in [7, 11) is 0. The number of rotatable bonds is 6. The van der Waals surface area contributed by atoms with E-state index in [1.54, 1.807) is 0 Å². The van der Waals surface area contributed by atoms with E-state index >= 15 is 0 Å². The van der Waals surface area contributed by atoms with E-state index in [1.165, 1.54) is 12.8 Å². The summed E-state index contributed by atoms with van der Waals surface area (Å²) in [6.07, 6.45) is 4.42. The largest absolute Gasteiger partial charge is 0.356 e. The summed E-state index contributed by atoms with van der Waals surface area (Å²) in [5, 5.41) is 3.30. The van der Waals surface area contributed by atoms with Crippen LogP contribution in [0.4, 0.5) is 0 Å².